The Morgan fingerprint density at radius 1 is 1.28 bits per heavy atom. The molecule has 1 amide bonds. The molecular weight excluding hydrogens is 319 g/mol. The zero-order valence-electron chi connectivity index (χ0n) is 13.7. The van der Waals surface area contributed by atoms with Crippen molar-refractivity contribution in [2.24, 2.45) is 5.73 Å². The maximum Gasteiger partial charge on any atom is 0.250 e. The number of halogens is 1. The molecule has 6 heteroatoms. The quantitative estimate of drug-likeness (QED) is 0.768. The third-order valence-corrected chi connectivity index (χ3v) is 4.81. The van der Waals surface area contributed by atoms with Crippen molar-refractivity contribution in [1.29, 1.82) is 0 Å². The van der Waals surface area contributed by atoms with Crippen molar-refractivity contribution in [2.75, 3.05) is 13.1 Å². The second kappa shape index (κ2) is 6.29. The number of aromatic amines is 1. The molecule has 3 N–H and O–H groups in total. The monoisotopic (exact) mass is 338 g/mol. The molecule has 0 bridgehead atoms. The predicted molar refractivity (Wildman–Crippen MR) is 93.6 cm³/mol. The van der Waals surface area contributed by atoms with Gasteiger partial charge in [0.1, 0.15) is 17.2 Å². The van der Waals surface area contributed by atoms with E-state index >= 15 is 0 Å². The summed E-state index contributed by atoms with van der Waals surface area (Å²) >= 11 is 0. The van der Waals surface area contributed by atoms with E-state index in [9.17, 15) is 9.18 Å². The van der Waals surface area contributed by atoms with Gasteiger partial charge in [-0.15, -0.1) is 0 Å². The number of nitrogens with two attached hydrogens (primary N) is 1. The van der Waals surface area contributed by atoms with Crippen molar-refractivity contribution >= 4 is 16.9 Å². The van der Waals surface area contributed by atoms with Crippen LogP contribution in [0.15, 0.2) is 42.5 Å². The minimum Gasteiger partial charge on any atom is -0.366 e. The Bertz CT molecular complexity index is 936. The van der Waals surface area contributed by atoms with Crippen LogP contribution in [0.1, 0.15) is 34.1 Å². The number of fused-ring (bicyclic) bond motifs is 1. The van der Waals surface area contributed by atoms with Gasteiger partial charge in [-0.1, -0.05) is 24.3 Å². The van der Waals surface area contributed by atoms with Crippen LogP contribution < -0.4 is 5.73 Å². The highest BCUT2D eigenvalue weighted by atomic mass is 19.1. The number of nitrogens with one attached hydrogen (secondary N) is 1. The SMILES string of the molecule is NC(=O)c1cccc2[nH]c([C@H]3CCN(Cc4ccccc4F)C3)nc12. The molecule has 1 aliphatic rings. The van der Waals surface area contributed by atoms with Gasteiger partial charge < -0.3 is 10.7 Å². The molecule has 0 saturated carbocycles. The summed E-state index contributed by atoms with van der Waals surface area (Å²) in [5.74, 6) is 0.455. The minimum atomic E-state index is -0.476. The highest BCUT2D eigenvalue weighted by Gasteiger charge is 2.27. The lowest BCUT2D eigenvalue weighted by atomic mass is 10.1. The lowest BCUT2D eigenvalue weighted by Gasteiger charge is -2.15. The van der Waals surface area contributed by atoms with E-state index in [0.29, 0.717) is 23.2 Å². The number of carbonyl (C=O) groups excluding carboxylic acids is 1. The molecule has 1 aliphatic heterocycles. The first-order valence-corrected chi connectivity index (χ1v) is 8.36. The summed E-state index contributed by atoms with van der Waals surface area (Å²) in [4.78, 5) is 21.7. The first kappa shape index (κ1) is 15.8. The third-order valence-electron chi connectivity index (χ3n) is 4.81. The maximum atomic E-state index is 13.8. The van der Waals surface area contributed by atoms with Gasteiger partial charge in [0.05, 0.1) is 11.1 Å². The number of amides is 1. The topological polar surface area (TPSA) is 75.0 Å². The van der Waals surface area contributed by atoms with E-state index < -0.39 is 5.91 Å². The zero-order chi connectivity index (χ0) is 17.4. The van der Waals surface area contributed by atoms with Crippen LogP contribution >= 0.6 is 0 Å². The Balaban J connectivity index is 1.54. The van der Waals surface area contributed by atoms with Crippen LogP contribution in [0.3, 0.4) is 0 Å². The molecule has 5 nitrogen and oxygen atoms in total. The number of hydrogen-bond donors (Lipinski definition) is 2. The third kappa shape index (κ3) is 3.00. The van der Waals surface area contributed by atoms with E-state index in [2.05, 4.69) is 14.9 Å². The van der Waals surface area contributed by atoms with Crippen molar-refractivity contribution in [1.82, 2.24) is 14.9 Å². The van der Waals surface area contributed by atoms with Crippen molar-refractivity contribution in [3.05, 3.63) is 65.2 Å². The molecule has 1 aromatic heterocycles. The summed E-state index contributed by atoms with van der Waals surface area (Å²) in [5.41, 5.74) is 8.01. The van der Waals surface area contributed by atoms with E-state index in [1.165, 1.54) is 6.07 Å². The van der Waals surface area contributed by atoms with Crippen molar-refractivity contribution < 1.29 is 9.18 Å². The second-order valence-electron chi connectivity index (χ2n) is 6.50. The van der Waals surface area contributed by atoms with E-state index in [4.69, 9.17) is 5.73 Å². The molecule has 1 atom stereocenters. The van der Waals surface area contributed by atoms with Crippen LogP contribution in [0.25, 0.3) is 11.0 Å². The Labute approximate surface area is 144 Å². The highest BCUT2D eigenvalue weighted by molar-refractivity contribution is 6.04. The molecule has 25 heavy (non-hydrogen) atoms. The Morgan fingerprint density at radius 2 is 2.12 bits per heavy atom. The van der Waals surface area contributed by atoms with Gasteiger partial charge in [-0.05, 0) is 31.2 Å². The van der Waals surface area contributed by atoms with Gasteiger partial charge in [-0.2, -0.15) is 0 Å². The van der Waals surface area contributed by atoms with Gasteiger partial charge in [0.15, 0.2) is 0 Å². The first-order chi connectivity index (χ1) is 12.1. The molecule has 3 aromatic rings. The molecule has 0 unspecified atom stereocenters. The van der Waals surface area contributed by atoms with Crippen LogP contribution in [0.4, 0.5) is 4.39 Å². The van der Waals surface area contributed by atoms with Gasteiger partial charge in [0, 0.05) is 24.6 Å². The molecule has 2 aromatic carbocycles. The highest BCUT2D eigenvalue weighted by Crippen LogP contribution is 2.29. The maximum absolute atomic E-state index is 13.8. The molecule has 0 radical (unpaired) electrons. The fraction of sp³-hybridized carbons (Fsp3) is 0.263. The largest absolute Gasteiger partial charge is 0.366 e. The van der Waals surface area contributed by atoms with Crippen LogP contribution in [-0.2, 0) is 6.54 Å². The van der Waals surface area contributed by atoms with Gasteiger partial charge in [0.2, 0.25) is 0 Å². The average molecular weight is 338 g/mol. The predicted octanol–water partition coefficient (Wildman–Crippen LogP) is 2.79. The molecule has 128 valence electrons. The lowest BCUT2D eigenvalue weighted by Crippen LogP contribution is -2.20. The Hall–Kier alpha value is -2.73. The van der Waals surface area contributed by atoms with Crippen molar-refractivity contribution in [2.45, 2.75) is 18.9 Å². The number of aromatic nitrogens is 2. The number of primary amides is 1. The number of likely N-dealkylation sites (tertiary alicyclic amines) is 1. The molecule has 0 spiro atoms. The molecule has 1 saturated heterocycles. The van der Waals surface area contributed by atoms with Gasteiger partial charge in [0.25, 0.3) is 5.91 Å². The normalized spacial score (nSPS) is 18.0. The molecule has 2 heterocycles. The number of rotatable bonds is 4. The fourth-order valence-corrected chi connectivity index (χ4v) is 3.51. The van der Waals surface area contributed by atoms with Crippen molar-refractivity contribution in [3.63, 3.8) is 0 Å². The van der Waals surface area contributed by atoms with Crippen LogP contribution in [0.2, 0.25) is 0 Å². The molecule has 0 aliphatic carbocycles. The Morgan fingerprint density at radius 3 is 2.92 bits per heavy atom. The van der Waals surface area contributed by atoms with Crippen LogP contribution in [0, 0.1) is 5.82 Å². The number of benzene rings is 2. The van der Waals surface area contributed by atoms with Crippen molar-refractivity contribution in [3.8, 4) is 0 Å². The number of para-hydroxylation sites is 1. The van der Waals surface area contributed by atoms with Crippen LogP contribution in [0.5, 0.6) is 0 Å². The van der Waals surface area contributed by atoms with E-state index in [0.717, 1.165) is 30.9 Å². The van der Waals surface area contributed by atoms with E-state index in [-0.39, 0.29) is 11.7 Å². The first-order valence-electron chi connectivity index (χ1n) is 8.36. The summed E-state index contributed by atoms with van der Waals surface area (Å²) in [6.07, 6.45) is 0.945. The standard InChI is InChI=1S/C19H19FN4O/c20-15-6-2-1-4-12(15)10-24-9-8-13(11-24)19-22-16-7-3-5-14(18(21)25)17(16)23-19/h1-7,13H,8-11H2,(H2,21,25)(H,22,23)/t13-/m0/s1. The number of nitrogens with zero attached hydrogens (tertiary/aromatic N) is 2. The van der Waals surface area contributed by atoms with Gasteiger partial charge >= 0.3 is 0 Å². The minimum absolute atomic E-state index is 0.166. The zero-order valence-corrected chi connectivity index (χ0v) is 13.7. The molecular formula is C19H19FN4O. The van der Waals surface area contributed by atoms with Gasteiger partial charge in [-0.25, -0.2) is 9.37 Å². The number of imidazole rings is 1. The summed E-state index contributed by atoms with van der Waals surface area (Å²) in [6, 6.07) is 12.3. The fourth-order valence-electron chi connectivity index (χ4n) is 3.51. The van der Waals surface area contributed by atoms with Gasteiger partial charge in [-0.3, -0.25) is 9.69 Å². The lowest BCUT2D eigenvalue weighted by molar-refractivity contribution is 0.100. The van der Waals surface area contributed by atoms with Crippen LogP contribution in [-0.4, -0.2) is 33.9 Å². The van der Waals surface area contributed by atoms with E-state index in [1.54, 1.807) is 18.2 Å². The summed E-state index contributed by atoms with van der Waals surface area (Å²) in [7, 11) is 0. The summed E-state index contributed by atoms with van der Waals surface area (Å²) in [6.45, 7) is 2.29. The average Bonchev–Trinajstić information content (AvgIpc) is 3.22. The number of hydrogen-bond acceptors (Lipinski definition) is 3. The molecule has 4 rings (SSSR count). The number of H-pyrrole nitrogens is 1. The second-order valence-corrected chi connectivity index (χ2v) is 6.50. The number of carbonyl (C=O) groups is 1. The summed E-state index contributed by atoms with van der Waals surface area (Å²) in [5, 5.41) is 0. The Kier molecular flexibility index (Phi) is 3.97. The van der Waals surface area contributed by atoms with E-state index in [1.807, 2.05) is 18.2 Å². The molecule has 1 fully saturated rings. The smallest absolute Gasteiger partial charge is 0.250 e. The summed E-state index contributed by atoms with van der Waals surface area (Å²) < 4.78 is 13.8.